The van der Waals surface area contributed by atoms with Crippen LogP contribution in [0.1, 0.15) is 44.3 Å². The molecule has 5 nitrogen and oxygen atoms in total. The van der Waals surface area contributed by atoms with Gasteiger partial charge in [-0.25, -0.2) is 4.98 Å². The first-order chi connectivity index (χ1) is 12.7. The Hall–Kier alpha value is -1.88. The Bertz CT molecular complexity index is 760. The van der Waals surface area contributed by atoms with E-state index in [9.17, 15) is 4.79 Å². The van der Waals surface area contributed by atoms with Crippen molar-refractivity contribution in [1.29, 1.82) is 0 Å². The van der Waals surface area contributed by atoms with Gasteiger partial charge in [-0.1, -0.05) is 25.0 Å². The molecule has 1 atom stereocenters. The molecule has 0 aliphatic carbocycles. The van der Waals surface area contributed by atoms with Gasteiger partial charge in [0.1, 0.15) is 5.82 Å². The molecule has 0 unspecified atom stereocenters. The molecule has 1 aromatic carbocycles. The van der Waals surface area contributed by atoms with Crippen molar-refractivity contribution in [3.05, 3.63) is 30.1 Å². The summed E-state index contributed by atoms with van der Waals surface area (Å²) >= 11 is 0. The van der Waals surface area contributed by atoms with E-state index >= 15 is 0 Å². The van der Waals surface area contributed by atoms with Crippen LogP contribution < -0.4 is 0 Å². The van der Waals surface area contributed by atoms with Gasteiger partial charge in [-0.05, 0) is 44.4 Å². The monoisotopic (exact) mass is 354 g/mol. The molecular weight excluding hydrogens is 324 g/mol. The summed E-state index contributed by atoms with van der Waals surface area (Å²) in [6.45, 7) is 4.68. The van der Waals surface area contributed by atoms with Gasteiger partial charge in [0, 0.05) is 26.7 Å². The standard InChI is InChI=1S/C21H30N4O/c1-23-19-11-5-4-10-18(19)22-20(23)16-24-12-8-9-17(15-24)21(26)25-13-6-2-3-7-14-25/h4-5,10-11,17H,2-3,6-9,12-16H2,1H3/t17-/m0/s1. The van der Waals surface area contributed by atoms with Crippen molar-refractivity contribution in [2.24, 2.45) is 13.0 Å². The molecule has 2 aliphatic rings. The number of amides is 1. The fourth-order valence-corrected chi connectivity index (χ4v) is 4.49. The molecule has 0 radical (unpaired) electrons. The summed E-state index contributed by atoms with van der Waals surface area (Å²) in [6, 6.07) is 8.29. The summed E-state index contributed by atoms with van der Waals surface area (Å²) in [4.78, 5) is 22.4. The lowest BCUT2D eigenvalue weighted by molar-refractivity contribution is -0.137. The minimum Gasteiger partial charge on any atom is -0.342 e. The summed E-state index contributed by atoms with van der Waals surface area (Å²) < 4.78 is 2.19. The third-order valence-electron chi connectivity index (χ3n) is 6.02. The van der Waals surface area contributed by atoms with E-state index in [0.717, 1.165) is 56.9 Å². The quantitative estimate of drug-likeness (QED) is 0.850. The van der Waals surface area contributed by atoms with Crippen LogP contribution in [0, 0.1) is 5.92 Å². The number of hydrogen-bond acceptors (Lipinski definition) is 3. The highest BCUT2D eigenvalue weighted by Crippen LogP contribution is 2.23. The first kappa shape index (κ1) is 17.5. The number of aromatic nitrogens is 2. The van der Waals surface area contributed by atoms with Crippen molar-refractivity contribution in [1.82, 2.24) is 19.4 Å². The predicted octanol–water partition coefficient (Wildman–Crippen LogP) is 3.19. The van der Waals surface area contributed by atoms with Gasteiger partial charge in [0.15, 0.2) is 0 Å². The number of para-hydroxylation sites is 2. The number of likely N-dealkylation sites (tertiary alicyclic amines) is 2. The van der Waals surface area contributed by atoms with Crippen molar-refractivity contribution < 1.29 is 4.79 Å². The Morgan fingerprint density at radius 2 is 1.85 bits per heavy atom. The van der Waals surface area contributed by atoms with Crippen LogP contribution in [0.5, 0.6) is 0 Å². The van der Waals surface area contributed by atoms with E-state index in [4.69, 9.17) is 4.98 Å². The SMILES string of the molecule is Cn1c(CN2CCC[C@H](C(=O)N3CCCCCC3)C2)nc2ccccc21. The van der Waals surface area contributed by atoms with Crippen molar-refractivity contribution in [2.75, 3.05) is 26.2 Å². The molecule has 1 aromatic heterocycles. The first-order valence-corrected chi connectivity index (χ1v) is 10.1. The number of carbonyl (C=O) groups excluding carboxylic acids is 1. The summed E-state index contributed by atoms with van der Waals surface area (Å²) in [7, 11) is 2.09. The average Bonchev–Trinajstić information content (AvgIpc) is 2.85. The number of imidazole rings is 1. The maximum Gasteiger partial charge on any atom is 0.226 e. The molecule has 0 saturated carbocycles. The van der Waals surface area contributed by atoms with Gasteiger partial charge in [0.05, 0.1) is 23.5 Å². The van der Waals surface area contributed by atoms with Crippen molar-refractivity contribution >= 4 is 16.9 Å². The molecule has 2 saturated heterocycles. The summed E-state index contributed by atoms with van der Waals surface area (Å²) in [5, 5.41) is 0. The number of hydrogen-bond donors (Lipinski definition) is 0. The van der Waals surface area contributed by atoms with Gasteiger partial charge in [0.25, 0.3) is 0 Å². The lowest BCUT2D eigenvalue weighted by atomic mass is 9.96. The van der Waals surface area contributed by atoms with E-state index in [2.05, 4.69) is 39.6 Å². The van der Waals surface area contributed by atoms with Gasteiger partial charge in [0.2, 0.25) is 5.91 Å². The number of benzene rings is 1. The summed E-state index contributed by atoms with van der Waals surface area (Å²) in [5.41, 5.74) is 2.23. The van der Waals surface area contributed by atoms with E-state index in [0.29, 0.717) is 5.91 Å². The molecule has 0 N–H and O–H groups in total. The fourth-order valence-electron chi connectivity index (χ4n) is 4.49. The second-order valence-electron chi connectivity index (χ2n) is 7.89. The molecule has 2 fully saturated rings. The molecule has 0 bridgehead atoms. The van der Waals surface area contributed by atoms with Gasteiger partial charge < -0.3 is 9.47 Å². The normalized spacial score (nSPS) is 22.5. The van der Waals surface area contributed by atoms with Crippen LogP contribution in [-0.2, 0) is 18.4 Å². The minimum absolute atomic E-state index is 0.163. The first-order valence-electron chi connectivity index (χ1n) is 10.1. The van der Waals surface area contributed by atoms with Crippen molar-refractivity contribution in [3.8, 4) is 0 Å². The lowest BCUT2D eigenvalue weighted by Crippen LogP contribution is -2.45. The summed E-state index contributed by atoms with van der Waals surface area (Å²) in [5.74, 6) is 1.65. The molecule has 1 amide bonds. The van der Waals surface area contributed by atoms with Crippen LogP contribution in [-0.4, -0.2) is 51.4 Å². The Morgan fingerprint density at radius 3 is 2.62 bits per heavy atom. The van der Waals surface area contributed by atoms with E-state index in [1.807, 2.05) is 6.07 Å². The van der Waals surface area contributed by atoms with E-state index in [1.54, 1.807) is 0 Å². The zero-order valence-corrected chi connectivity index (χ0v) is 15.9. The van der Waals surface area contributed by atoms with Crippen LogP contribution >= 0.6 is 0 Å². The van der Waals surface area contributed by atoms with Crippen LogP contribution in [0.4, 0.5) is 0 Å². The zero-order valence-electron chi connectivity index (χ0n) is 15.9. The summed E-state index contributed by atoms with van der Waals surface area (Å²) in [6.07, 6.45) is 7.02. The number of aryl methyl sites for hydroxylation is 1. The molecule has 0 spiro atoms. The van der Waals surface area contributed by atoms with E-state index in [1.165, 1.54) is 31.2 Å². The topological polar surface area (TPSA) is 41.4 Å². The van der Waals surface area contributed by atoms with Crippen LogP contribution in [0.3, 0.4) is 0 Å². The van der Waals surface area contributed by atoms with E-state index in [-0.39, 0.29) is 5.92 Å². The second kappa shape index (κ2) is 7.78. The highest BCUT2D eigenvalue weighted by Gasteiger charge is 2.30. The molecule has 2 aliphatic heterocycles. The molecule has 5 heteroatoms. The fraction of sp³-hybridized carbons (Fsp3) is 0.619. The number of nitrogens with zero attached hydrogens (tertiary/aromatic N) is 4. The Balaban J connectivity index is 1.43. The maximum absolute atomic E-state index is 13.0. The molecule has 3 heterocycles. The third-order valence-corrected chi connectivity index (χ3v) is 6.02. The highest BCUT2D eigenvalue weighted by molar-refractivity contribution is 5.79. The van der Waals surface area contributed by atoms with Gasteiger partial charge in [-0.15, -0.1) is 0 Å². The van der Waals surface area contributed by atoms with Crippen LogP contribution in [0.15, 0.2) is 24.3 Å². The lowest BCUT2D eigenvalue weighted by Gasteiger charge is -2.34. The Morgan fingerprint density at radius 1 is 1.08 bits per heavy atom. The third kappa shape index (κ3) is 3.63. The molecule has 26 heavy (non-hydrogen) atoms. The molecular formula is C21H30N4O. The van der Waals surface area contributed by atoms with Crippen molar-refractivity contribution in [2.45, 2.75) is 45.1 Å². The van der Waals surface area contributed by atoms with Crippen LogP contribution in [0.2, 0.25) is 0 Å². The second-order valence-corrected chi connectivity index (χ2v) is 7.89. The molecule has 140 valence electrons. The number of fused-ring (bicyclic) bond motifs is 1. The number of carbonyl (C=O) groups is 1. The predicted molar refractivity (Wildman–Crippen MR) is 104 cm³/mol. The van der Waals surface area contributed by atoms with Gasteiger partial charge in [-0.2, -0.15) is 0 Å². The highest BCUT2D eigenvalue weighted by atomic mass is 16.2. The van der Waals surface area contributed by atoms with Gasteiger partial charge in [-0.3, -0.25) is 9.69 Å². The Kier molecular flexibility index (Phi) is 5.25. The number of rotatable bonds is 3. The maximum atomic E-state index is 13.0. The smallest absolute Gasteiger partial charge is 0.226 e. The molecule has 2 aromatic rings. The van der Waals surface area contributed by atoms with Gasteiger partial charge >= 0.3 is 0 Å². The van der Waals surface area contributed by atoms with Crippen molar-refractivity contribution in [3.63, 3.8) is 0 Å². The zero-order chi connectivity index (χ0) is 17.9. The average molecular weight is 354 g/mol. The minimum atomic E-state index is 0.163. The van der Waals surface area contributed by atoms with Crippen LogP contribution in [0.25, 0.3) is 11.0 Å². The Labute approximate surface area is 156 Å². The number of piperidine rings is 1. The largest absolute Gasteiger partial charge is 0.342 e. The van der Waals surface area contributed by atoms with E-state index < -0.39 is 0 Å². The molecule has 4 rings (SSSR count).